The van der Waals surface area contributed by atoms with Crippen molar-refractivity contribution in [1.29, 1.82) is 0 Å². The van der Waals surface area contributed by atoms with E-state index in [-0.39, 0.29) is 12.0 Å². The lowest BCUT2D eigenvalue weighted by Crippen LogP contribution is -2.40. The van der Waals surface area contributed by atoms with Gasteiger partial charge in [-0.05, 0) is 56.9 Å². The zero-order valence-electron chi connectivity index (χ0n) is 22.5. The molecule has 2 heterocycles. The highest BCUT2D eigenvalue weighted by Gasteiger charge is 2.43. The summed E-state index contributed by atoms with van der Waals surface area (Å²) in [6.07, 6.45) is 4.24. The number of aliphatic hydroxyl groups excluding tert-OH is 2. The van der Waals surface area contributed by atoms with Crippen molar-refractivity contribution in [2.24, 2.45) is 11.7 Å². The van der Waals surface area contributed by atoms with E-state index in [1.165, 1.54) is 11.9 Å². The standard InChI is InChI=1S/C28H41N7O4/c1-30-26-21-9-15-35(27(21)33-18-32-26)23-16-20(24(36)25(23)37)17-34(14-10-22(29)28(38)39)13-5-11-31-12-8-19-6-3-2-4-7-19/h2-4,6-7,9,15,18,20,22-25,31,36-37H,5,8,10-14,16-17,29H2,1H3,(H,38,39)(H,30,32,33)/t20-,22+,23-,24-,25+/m1/s1. The minimum absolute atomic E-state index is 0.180. The number of hydrogen-bond donors (Lipinski definition) is 6. The molecule has 7 N–H and O–H groups in total. The van der Waals surface area contributed by atoms with Crippen molar-refractivity contribution in [3.8, 4) is 0 Å². The van der Waals surface area contributed by atoms with Crippen molar-refractivity contribution in [1.82, 2.24) is 24.8 Å². The first-order chi connectivity index (χ1) is 18.9. The molecular formula is C28H41N7O4. The Hall–Kier alpha value is -3.09. The number of anilines is 1. The van der Waals surface area contributed by atoms with Gasteiger partial charge in [-0.1, -0.05) is 30.3 Å². The van der Waals surface area contributed by atoms with Crippen molar-refractivity contribution >= 4 is 22.8 Å². The Kier molecular flexibility index (Phi) is 10.2. The summed E-state index contributed by atoms with van der Waals surface area (Å²) in [6, 6.07) is 11.0. The molecule has 1 aliphatic carbocycles. The monoisotopic (exact) mass is 539 g/mol. The zero-order chi connectivity index (χ0) is 27.8. The molecule has 0 radical (unpaired) electrons. The van der Waals surface area contributed by atoms with Crippen molar-refractivity contribution in [3.63, 3.8) is 0 Å². The number of benzene rings is 1. The SMILES string of the molecule is CNc1ncnc2c1ccn2[C@@H]1C[C@H](CN(CCCNCCc2ccccc2)CC[C@H](N)C(=O)O)[C@@H](O)[C@H]1O. The van der Waals surface area contributed by atoms with Crippen molar-refractivity contribution < 1.29 is 20.1 Å². The van der Waals surface area contributed by atoms with Crippen LogP contribution in [0.2, 0.25) is 0 Å². The quantitative estimate of drug-likeness (QED) is 0.154. The third-order valence-electron chi connectivity index (χ3n) is 7.70. The largest absolute Gasteiger partial charge is 0.480 e. The lowest BCUT2D eigenvalue weighted by atomic mass is 10.0. The van der Waals surface area contributed by atoms with Gasteiger partial charge in [-0.2, -0.15) is 0 Å². The molecule has 5 atom stereocenters. The highest BCUT2D eigenvalue weighted by Crippen LogP contribution is 2.38. The summed E-state index contributed by atoms with van der Waals surface area (Å²) in [5, 5.41) is 38.6. The number of aromatic nitrogens is 3. The van der Waals surface area contributed by atoms with Crippen LogP contribution in [0.15, 0.2) is 48.9 Å². The summed E-state index contributed by atoms with van der Waals surface area (Å²) in [6.45, 7) is 3.50. The average molecular weight is 540 g/mol. The molecule has 2 aromatic heterocycles. The maximum absolute atomic E-state index is 11.3. The Bertz CT molecular complexity index is 1190. The third-order valence-corrected chi connectivity index (χ3v) is 7.70. The maximum Gasteiger partial charge on any atom is 0.320 e. The van der Waals surface area contributed by atoms with Gasteiger partial charge in [0.15, 0.2) is 0 Å². The predicted molar refractivity (Wildman–Crippen MR) is 151 cm³/mol. The number of nitrogens with zero attached hydrogens (tertiary/aromatic N) is 4. The van der Waals surface area contributed by atoms with Crippen LogP contribution in [-0.2, 0) is 11.2 Å². The number of carbonyl (C=O) groups is 1. The number of nitrogens with two attached hydrogens (primary N) is 1. The number of carboxylic acid groups (broad SMARTS) is 1. The first kappa shape index (κ1) is 28.9. The normalized spacial score (nSPS) is 22.0. The van der Waals surface area contributed by atoms with E-state index in [1.807, 2.05) is 35.0 Å². The highest BCUT2D eigenvalue weighted by atomic mass is 16.4. The minimum Gasteiger partial charge on any atom is -0.480 e. The van der Waals surface area contributed by atoms with Gasteiger partial charge in [0.05, 0.1) is 17.5 Å². The molecule has 1 aromatic carbocycles. The van der Waals surface area contributed by atoms with Gasteiger partial charge in [-0.15, -0.1) is 0 Å². The van der Waals surface area contributed by atoms with Gasteiger partial charge in [-0.3, -0.25) is 4.79 Å². The molecular weight excluding hydrogens is 498 g/mol. The van der Waals surface area contributed by atoms with E-state index in [0.717, 1.165) is 37.9 Å². The molecule has 0 bridgehead atoms. The number of nitrogens with one attached hydrogen (secondary N) is 2. The van der Waals surface area contributed by atoms with E-state index < -0.39 is 24.2 Å². The Balaban J connectivity index is 1.35. The van der Waals surface area contributed by atoms with Crippen molar-refractivity contribution in [2.45, 2.75) is 50.0 Å². The molecule has 4 rings (SSSR count). The average Bonchev–Trinajstić information content (AvgIpc) is 3.49. The summed E-state index contributed by atoms with van der Waals surface area (Å²) in [4.78, 5) is 22.1. The first-order valence-corrected chi connectivity index (χ1v) is 13.7. The highest BCUT2D eigenvalue weighted by molar-refractivity contribution is 5.87. The number of aliphatic carboxylic acids is 1. The Labute approximate surface area is 229 Å². The zero-order valence-corrected chi connectivity index (χ0v) is 22.5. The van der Waals surface area contributed by atoms with Gasteiger partial charge in [0.1, 0.15) is 29.9 Å². The molecule has 212 valence electrons. The molecule has 1 fully saturated rings. The number of aliphatic hydroxyl groups is 2. The summed E-state index contributed by atoms with van der Waals surface area (Å²) >= 11 is 0. The predicted octanol–water partition coefficient (Wildman–Crippen LogP) is 1.08. The Morgan fingerprint density at radius 1 is 1.15 bits per heavy atom. The van der Waals surface area contributed by atoms with Crippen molar-refractivity contribution in [2.75, 3.05) is 45.1 Å². The fourth-order valence-electron chi connectivity index (χ4n) is 5.50. The van der Waals surface area contributed by atoms with Crippen LogP contribution in [0.4, 0.5) is 5.82 Å². The summed E-state index contributed by atoms with van der Waals surface area (Å²) in [5.74, 6) is -0.488. The van der Waals surface area contributed by atoms with E-state index in [9.17, 15) is 20.1 Å². The molecule has 11 heteroatoms. The molecule has 3 aromatic rings. The molecule has 0 spiro atoms. The number of hydrogen-bond acceptors (Lipinski definition) is 9. The fourth-order valence-corrected chi connectivity index (χ4v) is 5.50. The summed E-state index contributed by atoms with van der Waals surface area (Å²) < 4.78 is 1.92. The third kappa shape index (κ3) is 7.31. The van der Waals surface area contributed by atoms with Crippen LogP contribution in [0.3, 0.4) is 0 Å². The molecule has 0 aliphatic heterocycles. The number of carboxylic acids is 1. The van der Waals surface area contributed by atoms with Crippen LogP contribution in [-0.4, -0.2) is 98.7 Å². The second-order valence-electron chi connectivity index (χ2n) is 10.4. The number of rotatable bonds is 15. The lowest BCUT2D eigenvalue weighted by molar-refractivity contribution is -0.138. The van der Waals surface area contributed by atoms with Crippen LogP contribution >= 0.6 is 0 Å². The van der Waals surface area contributed by atoms with E-state index in [1.54, 1.807) is 7.05 Å². The van der Waals surface area contributed by atoms with Gasteiger partial charge < -0.3 is 41.2 Å². The topological polar surface area (TPSA) is 162 Å². The second-order valence-corrected chi connectivity index (χ2v) is 10.4. The van der Waals surface area contributed by atoms with E-state index in [2.05, 4.69) is 37.6 Å². The van der Waals surface area contributed by atoms with Crippen LogP contribution in [0.25, 0.3) is 11.0 Å². The van der Waals surface area contributed by atoms with E-state index in [0.29, 0.717) is 37.4 Å². The Morgan fingerprint density at radius 2 is 1.95 bits per heavy atom. The minimum atomic E-state index is -1.02. The summed E-state index contributed by atoms with van der Waals surface area (Å²) in [5.41, 5.74) is 7.79. The molecule has 11 nitrogen and oxygen atoms in total. The van der Waals surface area contributed by atoms with Crippen LogP contribution in [0.5, 0.6) is 0 Å². The molecule has 1 aliphatic rings. The fraction of sp³-hybridized carbons (Fsp3) is 0.536. The molecule has 39 heavy (non-hydrogen) atoms. The van der Waals surface area contributed by atoms with Gasteiger partial charge in [0, 0.05) is 32.3 Å². The van der Waals surface area contributed by atoms with Crippen LogP contribution in [0, 0.1) is 5.92 Å². The van der Waals surface area contributed by atoms with Gasteiger partial charge in [0.2, 0.25) is 0 Å². The molecule has 0 amide bonds. The van der Waals surface area contributed by atoms with Gasteiger partial charge in [-0.25, -0.2) is 9.97 Å². The Morgan fingerprint density at radius 3 is 2.69 bits per heavy atom. The van der Waals surface area contributed by atoms with E-state index in [4.69, 9.17) is 5.73 Å². The summed E-state index contributed by atoms with van der Waals surface area (Å²) in [7, 11) is 1.80. The maximum atomic E-state index is 11.3. The second kappa shape index (κ2) is 13.8. The molecule has 0 unspecified atom stereocenters. The molecule has 0 saturated heterocycles. The molecule has 1 saturated carbocycles. The van der Waals surface area contributed by atoms with Gasteiger partial charge >= 0.3 is 5.97 Å². The van der Waals surface area contributed by atoms with Crippen LogP contribution in [0.1, 0.15) is 30.9 Å². The van der Waals surface area contributed by atoms with Crippen LogP contribution < -0.4 is 16.4 Å². The lowest BCUT2D eigenvalue weighted by Gasteiger charge is -2.28. The van der Waals surface area contributed by atoms with Gasteiger partial charge in [0.25, 0.3) is 0 Å². The first-order valence-electron chi connectivity index (χ1n) is 13.7. The van der Waals surface area contributed by atoms with E-state index >= 15 is 0 Å². The van der Waals surface area contributed by atoms with Crippen molar-refractivity contribution in [3.05, 3.63) is 54.5 Å². The number of fused-ring (bicyclic) bond motifs is 1. The smallest absolute Gasteiger partial charge is 0.320 e.